The number of amides is 3. The number of nitrogens with one attached hydrogen (secondary N) is 3. The summed E-state index contributed by atoms with van der Waals surface area (Å²) in [5.41, 5.74) is 1.44. The van der Waals surface area contributed by atoms with E-state index in [1.165, 1.54) is 0 Å². The molecule has 5 rings (SSSR count). The van der Waals surface area contributed by atoms with Crippen LogP contribution in [0.4, 0.5) is 0 Å². The van der Waals surface area contributed by atoms with Crippen molar-refractivity contribution >= 4 is 17.7 Å². The van der Waals surface area contributed by atoms with E-state index in [0.717, 1.165) is 29.7 Å². The number of piperidine rings is 1. The highest BCUT2D eigenvalue weighted by Gasteiger charge is 2.41. The molecule has 43 heavy (non-hydrogen) atoms. The largest absolute Gasteiger partial charge is 0.497 e. The molecule has 2 aromatic rings. The smallest absolute Gasteiger partial charge is 0.243 e. The Morgan fingerprint density at radius 3 is 2.53 bits per heavy atom. The summed E-state index contributed by atoms with van der Waals surface area (Å²) in [4.78, 5) is 42.5. The van der Waals surface area contributed by atoms with Crippen LogP contribution in [0.3, 0.4) is 0 Å². The third-order valence-corrected chi connectivity index (χ3v) is 9.11. The van der Waals surface area contributed by atoms with E-state index < -0.39 is 11.5 Å². The fourth-order valence-corrected chi connectivity index (χ4v) is 6.40. The van der Waals surface area contributed by atoms with Crippen LogP contribution < -0.4 is 20.7 Å². The lowest BCUT2D eigenvalue weighted by molar-refractivity contribution is -0.140. The summed E-state index contributed by atoms with van der Waals surface area (Å²) in [5.74, 6) is 0.706. The van der Waals surface area contributed by atoms with Crippen LogP contribution in [0.15, 0.2) is 66.7 Å². The molecule has 0 radical (unpaired) electrons. The highest BCUT2D eigenvalue weighted by Crippen LogP contribution is 2.36. The molecule has 0 aromatic heterocycles. The van der Waals surface area contributed by atoms with Crippen molar-refractivity contribution in [2.45, 2.75) is 57.2 Å². The van der Waals surface area contributed by atoms with Gasteiger partial charge < -0.3 is 25.4 Å². The van der Waals surface area contributed by atoms with Crippen molar-refractivity contribution < 1.29 is 23.9 Å². The predicted molar refractivity (Wildman–Crippen MR) is 164 cm³/mol. The number of methoxy groups -OCH3 is 1. The van der Waals surface area contributed by atoms with Gasteiger partial charge in [0.15, 0.2) is 0 Å². The molecule has 0 unspecified atom stereocenters. The third kappa shape index (κ3) is 8.24. The van der Waals surface area contributed by atoms with Crippen LogP contribution in [0.25, 0.3) is 0 Å². The number of nitrogens with zero attached hydrogens (tertiary/aromatic N) is 1. The lowest BCUT2D eigenvalue weighted by Crippen LogP contribution is -2.58. The first-order valence-corrected chi connectivity index (χ1v) is 15.4. The van der Waals surface area contributed by atoms with Crippen LogP contribution in [-0.2, 0) is 32.1 Å². The molecule has 9 heteroatoms. The molecular weight excluding hydrogens is 544 g/mol. The minimum Gasteiger partial charge on any atom is -0.497 e. The van der Waals surface area contributed by atoms with Gasteiger partial charge in [0, 0.05) is 45.3 Å². The Labute approximate surface area is 254 Å². The molecule has 0 saturated carbocycles. The third-order valence-electron chi connectivity index (χ3n) is 9.11. The average Bonchev–Trinajstić information content (AvgIpc) is 3.03. The number of ether oxygens (including phenoxy) is 2. The van der Waals surface area contributed by atoms with Gasteiger partial charge in [-0.3, -0.25) is 19.3 Å². The first-order chi connectivity index (χ1) is 20.9. The molecule has 0 bridgehead atoms. The van der Waals surface area contributed by atoms with E-state index in [-0.39, 0.29) is 29.7 Å². The van der Waals surface area contributed by atoms with Crippen LogP contribution >= 0.6 is 0 Å². The van der Waals surface area contributed by atoms with Gasteiger partial charge >= 0.3 is 0 Å². The van der Waals surface area contributed by atoms with Crippen molar-refractivity contribution in [2.75, 3.05) is 40.0 Å². The second kappa shape index (κ2) is 14.7. The molecule has 3 atom stereocenters. The number of rotatable bonds is 7. The maximum atomic E-state index is 13.8. The quantitative estimate of drug-likeness (QED) is 0.430. The Morgan fingerprint density at radius 1 is 1.02 bits per heavy atom. The zero-order valence-corrected chi connectivity index (χ0v) is 25.1. The molecule has 3 N–H and O–H groups in total. The Hall–Kier alpha value is -3.69. The molecular formula is C34H44N4O5. The number of fused-ring (bicyclic) bond motifs is 1. The molecule has 3 aliphatic rings. The topological polar surface area (TPSA) is 109 Å². The molecule has 0 aliphatic carbocycles. The van der Waals surface area contributed by atoms with E-state index in [1.807, 2.05) is 54.6 Å². The number of carbonyl (C=O) groups is 3. The second-order valence-corrected chi connectivity index (χ2v) is 12.0. The molecule has 3 amide bonds. The van der Waals surface area contributed by atoms with Gasteiger partial charge in [-0.2, -0.15) is 0 Å². The van der Waals surface area contributed by atoms with E-state index in [0.29, 0.717) is 65.1 Å². The highest BCUT2D eigenvalue weighted by molar-refractivity contribution is 5.90. The van der Waals surface area contributed by atoms with E-state index in [9.17, 15) is 14.4 Å². The summed E-state index contributed by atoms with van der Waals surface area (Å²) in [5, 5.41) is 9.48. The number of benzene rings is 2. The standard InChI is InChI=1S/C34H44N4O5/c1-42-28-12-10-26(11-13-28)22-35-31(39)24-38-18-14-29-27(23-38)9-5-6-15-34(16-19-43-20-17-34)33(41)37-30(32(40)36-29)21-25-7-3-2-4-8-25/h2-8,10-13,27,29-30H,9,14-24H2,1H3,(H,35,39)(H,36,40)(H,37,41)/b6-5+/t27-,29+,30-/m1/s1. The summed E-state index contributed by atoms with van der Waals surface area (Å²) in [6, 6.07) is 16.8. The van der Waals surface area contributed by atoms with E-state index in [4.69, 9.17) is 9.47 Å². The Balaban J connectivity index is 1.26. The number of hydrogen-bond acceptors (Lipinski definition) is 6. The number of likely N-dealkylation sites (tertiary alicyclic amines) is 1. The molecule has 3 heterocycles. The van der Waals surface area contributed by atoms with Crippen molar-refractivity contribution in [3.05, 3.63) is 77.9 Å². The maximum Gasteiger partial charge on any atom is 0.243 e. The predicted octanol–water partition coefficient (Wildman–Crippen LogP) is 2.99. The number of carbonyl (C=O) groups excluding carboxylic acids is 3. The van der Waals surface area contributed by atoms with Crippen molar-refractivity contribution in [3.8, 4) is 5.75 Å². The van der Waals surface area contributed by atoms with Gasteiger partial charge in [-0.1, -0.05) is 54.6 Å². The van der Waals surface area contributed by atoms with Crippen molar-refractivity contribution in [1.82, 2.24) is 20.9 Å². The molecule has 3 aliphatic heterocycles. The van der Waals surface area contributed by atoms with Crippen molar-refractivity contribution in [2.24, 2.45) is 11.3 Å². The van der Waals surface area contributed by atoms with Gasteiger partial charge in [-0.25, -0.2) is 0 Å². The monoisotopic (exact) mass is 588 g/mol. The molecule has 1 spiro atoms. The molecule has 2 saturated heterocycles. The van der Waals surface area contributed by atoms with Gasteiger partial charge in [0.1, 0.15) is 11.8 Å². The first kappa shape index (κ1) is 30.8. The molecule has 2 fully saturated rings. The van der Waals surface area contributed by atoms with Crippen LogP contribution in [0.5, 0.6) is 5.75 Å². The van der Waals surface area contributed by atoms with Gasteiger partial charge in [0.2, 0.25) is 17.7 Å². The Morgan fingerprint density at radius 2 is 1.79 bits per heavy atom. The van der Waals surface area contributed by atoms with Crippen LogP contribution in [0, 0.1) is 11.3 Å². The van der Waals surface area contributed by atoms with Gasteiger partial charge in [0.05, 0.1) is 19.1 Å². The molecule has 230 valence electrons. The number of allylic oxidation sites excluding steroid dienone is 2. The second-order valence-electron chi connectivity index (χ2n) is 12.0. The fraction of sp³-hybridized carbons (Fsp3) is 0.500. The summed E-state index contributed by atoms with van der Waals surface area (Å²) < 4.78 is 10.8. The SMILES string of the molecule is COc1ccc(CNC(=O)CN2CC[C@@H]3NC(=O)[C@@H](Cc4ccccc4)NC(=O)C4(C/C=C/C[C@@H]3C2)CCOCC4)cc1. The summed E-state index contributed by atoms with van der Waals surface area (Å²) in [6.07, 6.45) is 8.12. The van der Waals surface area contributed by atoms with E-state index in [2.05, 4.69) is 33.0 Å². The fourth-order valence-electron chi connectivity index (χ4n) is 6.40. The summed E-state index contributed by atoms with van der Waals surface area (Å²) in [7, 11) is 1.63. The highest BCUT2D eigenvalue weighted by atomic mass is 16.5. The normalized spacial score (nSPS) is 25.3. The van der Waals surface area contributed by atoms with E-state index >= 15 is 0 Å². The zero-order chi connectivity index (χ0) is 30.1. The molecule has 2 aromatic carbocycles. The number of hydrogen-bond donors (Lipinski definition) is 3. The summed E-state index contributed by atoms with van der Waals surface area (Å²) in [6.45, 7) is 3.27. The van der Waals surface area contributed by atoms with Gasteiger partial charge in [-0.15, -0.1) is 0 Å². The van der Waals surface area contributed by atoms with E-state index in [1.54, 1.807) is 7.11 Å². The van der Waals surface area contributed by atoms with Crippen molar-refractivity contribution in [1.29, 1.82) is 0 Å². The maximum absolute atomic E-state index is 13.8. The minimum atomic E-state index is -0.666. The van der Waals surface area contributed by atoms with Crippen LogP contribution in [0.2, 0.25) is 0 Å². The zero-order valence-electron chi connectivity index (χ0n) is 25.1. The minimum absolute atomic E-state index is 0.0194. The summed E-state index contributed by atoms with van der Waals surface area (Å²) >= 11 is 0. The average molecular weight is 589 g/mol. The Kier molecular flexibility index (Phi) is 10.5. The molecule has 9 nitrogen and oxygen atoms in total. The van der Waals surface area contributed by atoms with Gasteiger partial charge in [0.25, 0.3) is 0 Å². The first-order valence-electron chi connectivity index (χ1n) is 15.4. The lowest BCUT2D eigenvalue weighted by Gasteiger charge is -2.40. The van der Waals surface area contributed by atoms with Crippen molar-refractivity contribution in [3.63, 3.8) is 0 Å². The van der Waals surface area contributed by atoms with Crippen LogP contribution in [0.1, 0.15) is 43.2 Å². The lowest BCUT2D eigenvalue weighted by atomic mass is 9.75. The van der Waals surface area contributed by atoms with Gasteiger partial charge in [-0.05, 0) is 61.3 Å². The Bertz CT molecular complexity index is 1260. The van der Waals surface area contributed by atoms with Crippen LogP contribution in [-0.4, -0.2) is 74.7 Å².